The van der Waals surface area contributed by atoms with Gasteiger partial charge < -0.3 is 14.4 Å². The number of carbonyl (C=O) groups is 1. The number of amides is 1. The zero-order chi connectivity index (χ0) is 24.0. The lowest BCUT2D eigenvalue weighted by Crippen LogP contribution is -2.41. The molecule has 0 bridgehead atoms. The molecule has 0 saturated carbocycles. The molecule has 1 amide bonds. The standard InChI is InChI=1S/C24H30N4O3S3/c1-13(2)18-15-11-31-24(3,4)10-14(15)17-19-20(34-21(17)25-18)22(27-23(26-19)32-5)33-12-16(29)28-6-8-30-9-7-28/h13H,6-12H2,1-5H3. The fourth-order valence-corrected chi connectivity index (χ4v) is 7.14. The summed E-state index contributed by atoms with van der Waals surface area (Å²) in [5.41, 5.74) is 4.35. The Labute approximate surface area is 212 Å². The molecule has 0 unspecified atom stereocenters. The minimum Gasteiger partial charge on any atom is -0.378 e. The van der Waals surface area contributed by atoms with E-state index in [-0.39, 0.29) is 11.5 Å². The molecular formula is C24H30N4O3S3. The highest BCUT2D eigenvalue weighted by atomic mass is 32.2. The molecule has 7 nitrogen and oxygen atoms in total. The molecule has 3 aromatic rings. The predicted molar refractivity (Wildman–Crippen MR) is 139 cm³/mol. The average molecular weight is 519 g/mol. The number of carbonyl (C=O) groups excluding carboxylic acids is 1. The first-order valence-electron chi connectivity index (χ1n) is 11.6. The van der Waals surface area contributed by atoms with Gasteiger partial charge in [-0.3, -0.25) is 4.79 Å². The van der Waals surface area contributed by atoms with E-state index in [0.29, 0.717) is 44.6 Å². The highest BCUT2D eigenvalue weighted by molar-refractivity contribution is 8.00. The summed E-state index contributed by atoms with van der Waals surface area (Å²) < 4.78 is 12.6. The summed E-state index contributed by atoms with van der Waals surface area (Å²) in [7, 11) is 0. The molecule has 2 aliphatic heterocycles. The van der Waals surface area contributed by atoms with Crippen LogP contribution >= 0.6 is 34.9 Å². The Hall–Kier alpha value is -1.46. The SMILES string of the molecule is CSc1nc(SCC(=O)N2CCOCC2)c2sc3nc(C(C)C)c4c(c3c2n1)CC(C)(C)OC4. The number of ether oxygens (including phenoxy) is 2. The Balaban J connectivity index is 1.62. The van der Waals surface area contributed by atoms with Crippen LogP contribution in [-0.2, 0) is 27.3 Å². The molecule has 34 heavy (non-hydrogen) atoms. The molecule has 1 fully saturated rings. The highest BCUT2D eigenvalue weighted by Gasteiger charge is 2.32. The molecule has 0 aliphatic carbocycles. The van der Waals surface area contributed by atoms with E-state index in [4.69, 9.17) is 24.4 Å². The van der Waals surface area contributed by atoms with Crippen LogP contribution in [-0.4, -0.2) is 69.7 Å². The number of pyridine rings is 1. The van der Waals surface area contributed by atoms with E-state index < -0.39 is 0 Å². The molecule has 0 aromatic carbocycles. The minimum absolute atomic E-state index is 0.128. The number of hydrogen-bond acceptors (Lipinski definition) is 9. The monoisotopic (exact) mass is 518 g/mol. The summed E-state index contributed by atoms with van der Waals surface area (Å²) in [6, 6.07) is 0. The van der Waals surface area contributed by atoms with Gasteiger partial charge in [-0.1, -0.05) is 37.4 Å². The van der Waals surface area contributed by atoms with Crippen LogP contribution in [0.2, 0.25) is 0 Å². The van der Waals surface area contributed by atoms with Crippen LogP contribution in [0.15, 0.2) is 10.2 Å². The first-order valence-corrected chi connectivity index (χ1v) is 14.6. The zero-order valence-electron chi connectivity index (χ0n) is 20.3. The van der Waals surface area contributed by atoms with E-state index in [9.17, 15) is 4.79 Å². The van der Waals surface area contributed by atoms with Crippen molar-refractivity contribution in [3.05, 3.63) is 16.8 Å². The third-order valence-corrected chi connectivity index (χ3v) is 9.01. The first kappa shape index (κ1) is 24.2. The van der Waals surface area contributed by atoms with Crippen molar-refractivity contribution in [1.29, 1.82) is 0 Å². The molecule has 5 rings (SSSR count). The van der Waals surface area contributed by atoms with Crippen LogP contribution in [0.5, 0.6) is 0 Å². The number of fused-ring (bicyclic) bond motifs is 5. The van der Waals surface area contributed by atoms with E-state index >= 15 is 0 Å². The van der Waals surface area contributed by atoms with E-state index in [2.05, 4.69) is 27.7 Å². The molecule has 182 valence electrons. The summed E-state index contributed by atoms with van der Waals surface area (Å²) in [5, 5.41) is 2.72. The number of morpholine rings is 1. The van der Waals surface area contributed by atoms with Crippen LogP contribution < -0.4 is 0 Å². The van der Waals surface area contributed by atoms with Crippen molar-refractivity contribution in [1.82, 2.24) is 19.9 Å². The lowest BCUT2D eigenvalue weighted by molar-refractivity contribution is -0.132. The van der Waals surface area contributed by atoms with Crippen molar-refractivity contribution < 1.29 is 14.3 Å². The molecule has 1 saturated heterocycles. The van der Waals surface area contributed by atoms with Gasteiger partial charge in [-0.25, -0.2) is 15.0 Å². The summed E-state index contributed by atoms with van der Waals surface area (Å²) in [4.78, 5) is 30.5. The number of aromatic nitrogens is 3. The highest BCUT2D eigenvalue weighted by Crippen LogP contribution is 2.44. The lowest BCUT2D eigenvalue weighted by Gasteiger charge is -2.33. The van der Waals surface area contributed by atoms with Crippen LogP contribution in [0, 0.1) is 0 Å². The number of thiophene rings is 1. The van der Waals surface area contributed by atoms with Crippen LogP contribution in [0.1, 0.15) is 50.4 Å². The second kappa shape index (κ2) is 9.54. The molecule has 10 heteroatoms. The van der Waals surface area contributed by atoms with E-state index in [1.165, 1.54) is 34.7 Å². The van der Waals surface area contributed by atoms with Crippen molar-refractivity contribution >= 4 is 61.2 Å². The third kappa shape index (κ3) is 4.55. The quantitative estimate of drug-likeness (QED) is 0.269. The van der Waals surface area contributed by atoms with Crippen molar-refractivity contribution in [3.8, 4) is 0 Å². The molecule has 0 spiro atoms. The molecular weight excluding hydrogens is 488 g/mol. The number of thioether (sulfide) groups is 2. The Morgan fingerprint density at radius 3 is 2.65 bits per heavy atom. The Morgan fingerprint density at radius 1 is 1.18 bits per heavy atom. The largest absolute Gasteiger partial charge is 0.378 e. The van der Waals surface area contributed by atoms with Crippen molar-refractivity contribution in [2.45, 2.75) is 62.4 Å². The van der Waals surface area contributed by atoms with Crippen LogP contribution in [0.3, 0.4) is 0 Å². The van der Waals surface area contributed by atoms with Gasteiger partial charge in [0, 0.05) is 30.5 Å². The van der Waals surface area contributed by atoms with Gasteiger partial charge in [0.25, 0.3) is 0 Å². The maximum absolute atomic E-state index is 12.8. The Kier molecular flexibility index (Phi) is 6.80. The predicted octanol–water partition coefficient (Wildman–Crippen LogP) is 4.89. The van der Waals surface area contributed by atoms with Gasteiger partial charge in [0.2, 0.25) is 5.91 Å². The maximum atomic E-state index is 12.8. The van der Waals surface area contributed by atoms with Crippen LogP contribution in [0.4, 0.5) is 0 Å². The normalized spacial score (nSPS) is 18.1. The van der Waals surface area contributed by atoms with E-state index in [1.807, 2.05) is 11.2 Å². The topological polar surface area (TPSA) is 77.4 Å². The molecule has 3 aromatic heterocycles. The fourth-order valence-electron chi connectivity index (χ4n) is 4.56. The second-order valence-electron chi connectivity index (χ2n) is 9.59. The number of rotatable bonds is 5. The second-order valence-corrected chi connectivity index (χ2v) is 12.3. The van der Waals surface area contributed by atoms with Gasteiger partial charge in [0.1, 0.15) is 9.86 Å². The minimum atomic E-state index is -0.235. The van der Waals surface area contributed by atoms with Crippen molar-refractivity contribution in [2.24, 2.45) is 0 Å². The van der Waals surface area contributed by atoms with Crippen molar-refractivity contribution in [2.75, 3.05) is 38.3 Å². The molecule has 0 radical (unpaired) electrons. The fraction of sp³-hybridized carbons (Fsp3) is 0.583. The van der Waals surface area contributed by atoms with Gasteiger partial charge in [-0.15, -0.1) is 11.3 Å². The molecule has 0 atom stereocenters. The smallest absolute Gasteiger partial charge is 0.233 e. The molecule has 0 N–H and O–H groups in total. The number of nitrogens with zero attached hydrogens (tertiary/aromatic N) is 4. The first-order chi connectivity index (χ1) is 16.3. The number of hydrogen-bond donors (Lipinski definition) is 0. The van der Waals surface area contributed by atoms with Gasteiger partial charge in [-0.05, 0) is 31.6 Å². The lowest BCUT2D eigenvalue weighted by atomic mass is 9.87. The Bertz CT molecular complexity index is 1250. The average Bonchev–Trinajstić information content (AvgIpc) is 3.20. The zero-order valence-corrected chi connectivity index (χ0v) is 22.7. The summed E-state index contributed by atoms with van der Waals surface area (Å²) in [5.74, 6) is 0.794. The molecule has 2 aliphatic rings. The summed E-state index contributed by atoms with van der Waals surface area (Å²) in [6.45, 7) is 11.8. The maximum Gasteiger partial charge on any atom is 0.233 e. The Morgan fingerprint density at radius 2 is 1.94 bits per heavy atom. The van der Waals surface area contributed by atoms with Crippen molar-refractivity contribution in [3.63, 3.8) is 0 Å². The van der Waals surface area contributed by atoms with E-state index in [1.54, 1.807) is 11.3 Å². The van der Waals surface area contributed by atoms with Gasteiger partial charge in [-0.2, -0.15) is 0 Å². The van der Waals surface area contributed by atoms with Gasteiger partial charge >= 0.3 is 0 Å². The van der Waals surface area contributed by atoms with Crippen LogP contribution in [0.25, 0.3) is 20.4 Å². The molecule has 5 heterocycles. The van der Waals surface area contributed by atoms with E-state index in [0.717, 1.165) is 42.7 Å². The van der Waals surface area contributed by atoms with Gasteiger partial charge in [0.15, 0.2) is 5.16 Å². The third-order valence-electron chi connectivity index (χ3n) is 6.30. The summed E-state index contributed by atoms with van der Waals surface area (Å²) in [6.07, 6.45) is 2.81. The summed E-state index contributed by atoms with van der Waals surface area (Å²) >= 11 is 4.68. The van der Waals surface area contributed by atoms with Gasteiger partial charge in [0.05, 0.1) is 47.1 Å².